The van der Waals surface area contributed by atoms with Crippen molar-refractivity contribution in [2.24, 2.45) is 11.1 Å². The topological polar surface area (TPSA) is 35.2 Å². The molecule has 3 heteroatoms. The first-order valence-electron chi connectivity index (χ1n) is 5.01. The number of rotatable bonds is 4. The molecule has 1 aromatic carbocycles. The van der Waals surface area contributed by atoms with E-state index in [0.29, 0.717) is 11.6 Å². The van der Waals surface area contributed by atoms with E-state index in [1.807, 2.05) is 18.2 Å². The van der Waals surface area contributed by atoms with E-state index < -0.39 is 0 Å². The minimum atomic E-state index is 0.0674. The van der Waals surface area contributed by atoms with Crippen LogP contribution in [0, 0.1) is 5.41 Å². The van der Waals surface area contributed by atoms with E-state index in [9.17, 15) is 0 Å². The van der Waals surface area contributed by atoms with Crippen molar-refractivity contribution in [1.29, 1.82) is 0 Å². The van der Waals surface area contributed by atoms with Crippen LogP contribution in [0.25, 0.3) is 0 Å². The molecule has 0 aliphatic carbocycles. The molecule has 2 nitrogen and oxygen atoms in total. The number of nitrogens with two attached hydrogens (primary N) is 1. The summed E-state index contributed by atoms with van der Waals surface area (Å²) in [6.07, 6.45) is 0.868. The van der Waals surface area contributed by atoms with Gasteiger partial charge in [-0.25, -0.2) is 0 Å². The zero-order valence-electron chi connectivity index (χ0n) is 9.51. The lowest BCUT2D eigenvalue weighted by Crippen LogP contribution is -2.26. The first-order valence-corrected chi connectivity index (χ1v) is 5.39. The number of ether oxygens (including phenoxy) is 1. The van der Waals surface area contributed by atoms with Crippen LogP contribution in [0.2, 0.25) is 5.02 Å². The van der Waals surface area contributed by atoms with Gasteiger partial charge in [-0.1, -0.05) is 37.6 Å². The molecule has 2 N–H and O–H groups in total. The highest BCUT2D eigenvalue weighted by atomic mass is 35.5. The van der Waals surface area contributed by atoms with E-state index in [2.05, 4.69) is 13.8 Å². The largest absolute Gasteiger partial charge is 0.495 e. The zero-order chi connectivity index (χ0) is 11.5. The van der Waals surface area contributed by atoms with E-state index in [-0.39, 0.29) is 5.41 Å². The molecule has 0 spiro atoms. The highest BCUT2D eigenvalue weighted by Crippen LogP contribution is 2.32. The molecule has 0 bridgehead atoms. The van der Waals surface area contributed by atoms with Crippen LogP contribution in [0.5, 0.6) is 5.75 Å². The summed E-state index contributed by atoms with van der Waals surface area (Å²) >= 11 is 6.05. The second kappa shape index (κ2) is 4.86. The fourth-order valence-corrected chi connectivity index (χ4v) is 1.78. The van der Waals surface area contributed by atoms with Gasteiger partial charge in [0.15, 0.2) is 0 Å². The van der Waals surface area contributed by atoms with Crippen molar-refractivity contribution in [1.82, 2.24) is 0 Å². The molecule has 0 aliphatic heterocycles. The van der Waals surface area contributed by atoms with Crippen LogP contribution >= 0.6 is 11.6 Å². The number of para-hydroxylation sites is 1. The first kappa shape index (κ1) is 12.3. The van der Waals surface area contributed by atoms with Crippen LogP contribution in [0.3, 0.4) is 0 Å². The second-order valence-electron chi connectivity index (χ2n) is 4.48. The van der Waals surface area contributed by atoms with Gasteiger partial charge in [-0.05, 0) is 30.0 Å². The summed E-state index contributed by atoms with van der Waals surface area (Å²) in [7, 11) is 1.64. The van der Waals surface area contributed by atoms with Crippen LogP contribution in [0.1, 0.15) is 19.4 Å². The summed E-state index contributed by atoms with van der Waals surface area (Å²) in [5.41, 5.74) is 6.89. The smallest absolute Gasteiger partial charge is 0.140 e. The van der Waals surface area contributed by atoms with Crippen LogP contribution in [-0.2, 0) is 6.42 Å². The summed E-state index contributed by atoms with van der Waals surface area (Å²) in [6, 6.07) is 5.80. The molecule has 0 radical (unpaired) electrons. The normalized spacial score (nSPS) is 11.5. The van der Waals surface area contributed by atoms with Crippen LogP contribution in [0.4, 0.5) is 0 Å². The molecule has 0 unspecified atom stereocenters. The SMILES string of the molecule is COc1c(Cl)cccc1CC(C)(C)CN. The summed E-state index contributed by atoms with van der Waals surface area (Å²) in [6.45, 7) is 4.91. The third-order valence-electron chi connectivity index (χ3n) is 2.47. The van der Waals surface area contributed by atoms with E-state index in [1.54, 1.807) is 7.11 Å². The van der Waals surface area contributed by atoms with Gasteiger partial charge in [0, 0.05) is 0 Å². The molecular weight excluding hydrogens is 210 g/mol. The Morgan fingerprint density at radius 2 is 2.07 bits per heavy atom. The molecule has 1 rings (SSSR count). The Balaban J connectivity index is 2.99. The van der Waals surface area contributed by atoms with Gasteiger partial charge < -0.3 is 10.5 Å². The number of methoxy groups -OCH3 is 1. The Kier molecular flexibility index (Phi) is 4.00. The van der Waals surface area contributed by atoms with Gasteiger partial charge >= 0.3 is 0 Å². The quantitative estimate of drug-likeness (QED) is 0.859. The maximum absolute atomic E-state index is 6.05. The standard InChI is InChI=1S/C12H18ClNO/c1-12(2,8-14)7-9-5-4-6-10(13)11(9)15-3/h4-6H,7-8,14H2,1-3H3. The summed E-state index contributed by atoms with van der Waals surface area (Å²) in [5, 5.41) is 0.655. The monoisotopic (exact) mass is 227 g/mol. The van der Waals surface area contributed by atoms with Gasteiger partial charge in [-0.3, -0.25) is 0 Å². The van der Waals surface area contributed by atoms with Crippen molar-refractivity contribution in [2.45, 2.75) is 20.3 Å². The van der Waals surface area contributed by atoms with Gasteiger partial charge in [0.1, 0.15) is 5.75 Å². The first-order chi connectivity index (χ1) is 7.00. The van der Waals surface area contributed by atoms with Crippen molar-refractivity contribution in [3.05, 3.63) is 28.8 Å². The Labute approximate surface area is 96.4 Å². The van der Waals surface area contributed by atoms with Crippen LogP contribution < -0.4 is 10.5 Å². The Morgan fingerprint density at radius 1 is 1.40 bits per heavy atom. The molecule has 0 fully saturated rings. The maximum Gasteiger partial charge on any atom is 0.140 e. The molecule has 0 atom stereocenters. The second-order valence-corrected chi connectivity index (χ2v) is 4.88. The maximum atomic E-state index is 6.05. The molecule has 0 saturated carbocycles. The third kappa shape index (κ3) is 3.11. The Hall–Kier alpha value is -0.730. The highest BCUT2D eigenvalue weighted by Gasteiger charge is 2.19. The Bertz CT molecular complexity index is 336. The summed E-state index contributed by atoms with van der Waals surface area (Å²) in [4.78, 5) is 0. The van der Waals surface area contributed by atoms with Crippen molar-refractivity contribution < 1.29 is 4.74 Å². The Morgan fingerprint density at radius 3 is 2.60 bits per heavy atom. The molecular formula is C12H18ClNO. The fraction of sp³-hybridized carbons (Fsp3) is 0.500. The van der Waals surface area contributed by atoms with Gasteiger partial charge in [-0.15, -0.1) is 0 Å². The van der Waals surface area contributed by atoms with Gasteiger partial charge in [-0.2, -0.15) is 0 Å². The number of hydrogen-bond acceptors (Lipinski definition) is 2. The predicted molar refractivity (Wildman–Crippen MR) is 64.5 cm³/mol. The van der Waals surface area contributed by atoms with Crippen LogP contribution in [-0.4, -0.2) is 13.7 Å². The molecule has 0 aromatic heterocycles. The van der Waals surface area contributed by atoms with Crippen molar-refractivity contribution in [3.8, 4) is 5.75 Å². The molecule has 0 aliphatic rings. The number of halogens is 1. The lowest BCUT2D eigenvalue weighted by Gasteiger charge is -2.23. The lowest BCUT2D eigenvalue weighted by atomic mass is 9.85. The fourth-order valence-electron chi connectivity index (χ4n) is 1.51. The zero-order valence-corrected chi connectivity index (χ0v) is 10.3. The van der Waals surface area contributed by atoms with Crippen molar-refractivity contribution in [2.75, 3.05) is 13.7 Å². The molecule has 1 aromatic rings. The van der Waals surface area contributed by atoms with Crippen molar-refractivity contribution >= 4 is 11.6 Å². The van der Waals surface area contributed by atoms with E-state index in [1.165, 1.54) is 0 Å². The average Bonchev–Trinajstić information content (AvgIpc) is 2.18. The summed E-state index contributed by atoms with van der Waals surface area (Å²) in [5.74, 6) is 0.765. The number of benzene rings is 1. The number of hydrogen-bond donors (Lipinski definition) is 1. The van der Waals surface area contributed by atoms with E-state index in [0.717, 1.165) is 17.7 Å². The minimum absolute atomic E-state index is 0.0674. The molecule has 0 amide bonds. The highest BCUT2D eigenvalue weighted by molar-refractivity contribution is 6.32. The van der Waals surface area contributed by atoms with E-state index in [4.69, 9.17) is 22.1 Å². The third-order valence-corrected chi connectivity index (χ3v) is 2.77. The van der Waals surface area contributed by atoms with Gasteiger partial charge in [0.25, 0.3) is 0 Å². The molecule has 84 valence electrons. The van der Waals surface area contributed by atoms with Gasteiger partial charge in [0.2, 0.25) is 0 Å². The lowest BCUT2D eigenvalue weighted by molar-refractivity contribution is 0.359. The van der Waals surface area contributed by atoms with E-state index >= 15 is 0 Å². The average molecular weight is 228 g/mol. The molecule has 0 heterocycles. The molecule has 0 saturated heterocycles. The van der Waals surface area contributed by atoms with Crippen molar-refractivity contribution in [3.63, 3.8) is 0 Å². The minimum Gasteiger partial charge on any atom is -0.495 e. The predicted octanol–water partition coefficient (Wildman–Crippen LogP) is 2.88. The molecule has 15 heavy (non-hydrogen) atoms. The van der Waals surface area contributed by atoms with Crippen LogP contribution in [0.15, 0.2) is 18.2 Å². The summed E-state index contributed by atoms with van der Waals surface area (Å²) < 4.78 is 5.29. The van der Waals surface area contributed by atoms with Gasteiger partial charge in [0.05, 0.1) is 12.1 Å².